The molecule has 10 nitrogen and oxygen atoms in total. The maximum absolute atomic E-state index is 12.4. The van der Waals surface area contributed by atoms with E-state index in [-0.39, 0.29) is 30.3 Å². The number of carbonyl (C=O) groups is 3. The third-order valence-electron chi connectivity index (χ3n) is 4.07. The number of carbonyl (C=O) groups excluding carboxylic acids is 3. The van der Waals surface area contributed by atoms with Gasteiger partial charge in [-0.1, -0.05) is 34.3 Å². The quantitative estimate of drug-likeness (QED) is 0.232. The fourth-order valence-electron chi connectivity index (χ4n) is 2.48. The lowest BCUT2D eigenvalue weighted by molar-refractivity contribution is -0.129. The van der Waals surface area contributed by atoms with Crippen molar-refractivity contribution < 1.29 is 14.4 Å². The summed E-state index contributed by atoms with van der Waals surface area (Å²) in [6, 6.07) is -2.03. The van der Waals surface area contributed by atoms with Gasteiger partial charge in [-0.3, -0.25) is 14.4 Å². The molecule has 0 rings (SSSR count). The lowest BCUT2D eigenvalue weighted by Gasteiger charge is -2.27. The van der Waals surface area contributed by atoms with Crippen LogP contribution in [0.25, 0.3) is 0 Å². The molecule has 0 aromatic carbocycles. The van der Waals surface area contributed by atoms with Crippen molar-refractivity contribution in [2.75, 3.05) is 0 Å². The lowest BCUT2D eigenvalue weighted by atomic mass is 10.0. The molecule has 0 heterocycles. The highest BCUT2D eigenvalue weighted by atomic mass is 16.2. The molecule has 29 heavy (non-hydrogen) atoms. The number of primary amides is 1. The Labute approximate surface area is 173 Å². The summed E-state index contributed by atoms with van der Waals surface area (Å²) in [6.07, 6.45) is 1.85. The van der Waals surface area contributed by atoms with Gasteiger partial charge < -0.3 is 39.3 Å². The fraction of sp³-hybridized carbons (Fsp3) is 0.632. The monoisotopic (exact) mass is 413 g/mol. The largest absolute Gasteiger partial charge is 0.403 e. The van der Waals surface area contributed by atoms with E-state index in [4.69, 9.17) is 17.2 Å². The van der Waals surface area contributed by atoms with Crippen LogP contribution in [0.5, 0.6) is 0 Å². The van der Waals surface area contributed by atoms with Crippen molar-refractivity contribution >= 4 is 17.7 Å². The Bertz CT molecular complexity index is 603. The predicted molar refractivity (Wildman–Crippen MR) is 115 cm³/mol. The first-order chi connectivity index (χ1) is 12.9. The van der Waals surface area contributed by atoms with Gasteiger partial charge in [0.05, 0.1) is 6.04 Å². The van der Waals surface area contributed by atoms with Crippen LogP contribution in [0.3, 0.4) is 0 Å². The topological polar surface area (TPSA) is 200 Å². The van der Waals surface area contributed by atoms with Crippen LogP contribution < -0.4 is 39.3 Å². The maximum Gasteiger partial charge on any atom is 0.242 e. The Morgan fingerprint density at radius 2 is 1.52 bits per heavy atom. The van der Waals surface area contributed by atoms with Gasteiger partial charge >= 0.3 is 0 Å². The van der Waals surface area contributed by atoms with Gasteiger partial charge in [-0.25, -0.2) is 0 Å². The Morgan fingerprint density at radius 1 is 0.966 bits per heavy atom. The summed E-state index contributed by atoms with van der Waals surface area (Å²) in [5.41, 5.74) is 17.3. The third-order valence-corrected chi connectivity index (χ3v) is 4.07. The molecule has 10 heteroatoms. The molecule has 0 spiro atoms. The highest BCUT2D eigenvalue weighted by Crippen LogP contribution is 2.09. The van der Waals surface area contributed by atoms with Gasteiger partial charge in [0, 0.05) is 30.4 Å². The first-order valence-electron chi connectivity index (χ1n) is 9.39. The first-order valence-corrected chi connectivity index (χ1v) is 9.39. The zero-order chi connectivity index (χ0) is 22.0. The van der Waals surface area contributed by atoms with Crippen molar-refractivity contribution in [1.82, 2.24) is 22.1 Å². The number of hydrogen-bond donors (Lipinski definition) is 7. The molecule has 3 atom stereocenters. The summed E-state index contributed by atoms with van der Waals surface area (Å²) in [4.78, 5) is 36.0. The molecule has 0 aliphatic rings. The van der Waals surface area contributed by atoms with E-state index in [2.05, 4.69) is 22.5 Å². The molecule has 3 amide bonds. The Balaban J connectivity index is 0. The summed E-state index contributed by atoms with van der Waals surface area (Å²) in [6.45, 7) is 13.0. The number of rotatable bonds is 12. The lowest BCUT2D eigenvalue weighted by Crippen LogP contribution is -2.53. The van der Waals surface area contributed by atoms with E-state index in [0.717, 1.165) is 0 Å². The van der Waals surface area contributed by atoms with E-state index in [9.17, 15) is 14.4 Å². The highest BCUT2D eigenvalue weighted by Gasteiger charge is 2.26. The van der Waals surface area contributed by atoms with E-state index in [1.165, 1.54) is 6.20 Å². The van der Waals surface area contributed by atoms with Crippen LogP contribution in [-0.4, -0.2) is 35.8 Å². The molecule has 0 aliphatic carbocycles. The smallest absolute Gasteiger partial charge is 0.242 e. The van der Waals surface area contributed by atoms with E-state index in [0.29, 0.717) is 17.8 Å². The molecule has 0 aromatic rings. The van der Waals surface area contributed by atoms with Gasteiger partial charge in [0.15, 0.2) is 0 Å². The van der Waals surface area contributed by atoms with Gasteiger partial charge in [0.1, 0.15) is 12.1 Å². The van der Waals surface area contributed by atoms with Crippen molar-refractivity contribution in [2.45, 2.75) is 65.6 Å². The second kappa shape index (κ2) is 13.4. The number of amides is 3. The molecule has 12 N–H and O–H groups in total. The van der Waals surface area contributed by atoms with E-state index in [1.807, 2.05) is 13.8 Å². The summed E-state index contributed by atoms with van der Waals surface area (Å²) < 4.78 is 0. The highest BCUT2D eigenvalue weighted by molar-refractivity contribution is 5.89. The molecule has 2 unspecified atom stereocenters. The number of nitrogens with one attached hydrogen (secondary N) is 3. The average Bonchev–Trinajstić information content (AvgIpc) is 2.56. The zero-order valence-corrected chi connectivity index (χ0v) is 18.2. The van der Waals surface area contributed by atoms with Gasteiger partial charge in [-0.15, -0.1) is 0 Å². The van der Waals surface area contributed by atoms with E-state index >= 15 is 0 Å². The molecule has 0 aliphatic heterocycles. The van der Waals surface area contributed by atoms with Crippen molar-refractivity contribution in [3.05, 3.63) is 24.2 Å². The van der Waals surface area contributed by atoms with Crippen LogP contribution >= 0.6 is 0 Å². The van der Waals surface area contributed by atoms with E-state index < -0.39 is 29.9 Å². The molecule has 0 bridgehead atoms. The van der Waals surface area contributed by atoms with Gasteiger partial charge in [-0.05, 0) is 18.8 Å². The molecule has 0 aromatic heterocycles. The SMILES string of the molecule is C=C(N[C@@H](C)C(=O)NC(C(N)=O)C(C)C)C(C/C(N)=C/N)NC(=O)CC(C)C.N. The van der Waals surface area contributed by atoms with Crippen molar-refractivity contribution in [3.63, 3.8) is 0 Å². The minimum atomic E-state index is -0.776. The Kier molecular flexibility index (Phi) is 13.2. The molecule has 0 saturated heterocycles. The number of nitrogens with two attached hydrogens (primary N) is 3. The zero-order valence-electron chi connectivity index (χ0n) is 18.2. The molecule has 168 valence electrons. The van der Waals surface area contributed by atoms with Gasteiger partial charge in [-0.2, -0.15) is 0 Å². The van der Waals surface area contributed by atoms with Crippen LogP contribution in [-0.2, 0) is 14.4 Å². The third kappa shape index (κ3) is 11.0. The first kappa shape index (κ1) is 28.5. The summed E-state index contributed by atoms with van der Waals surface area (Å²) in [5.74, 6) is -1.12. The predicted octanol–water partition coefficient (Wildman–Crippen LogP) is -0.0539. The molecular formula is C19H39N7O3. The van der Waals surface area contributed by atoms with Crippen LogP contribution in [0.4, 0.5) is 0 Å². The summed E-state index contributed by atoms with van der Waals surface area (Å²) in [7, 11) is 0. The minimum Gasteiger partial charge on any atom is -0.403 e. The van der Waals surface area contributed by atoms with Crippen LogP contribution in [0.2, 0.25) is 0 Å². The van der Waals surface area contributed by atoms with Crippen LogP contribution in [0, 0.1) is 11.8 Å². The Morgan fingerprint density at radius 3 is 1.93 bits per heavy atom. The van der Waals surface area contributed by atoms with Gasteiger partial charge in [0.25, 0.3) is 0 Å². The van der Waals surface area contributed by atoms with Crippen LogP contribution in [0.15, 0.2) is 24.2 Å². The minimum absolute atomic E-state index is 0. The van der Waals surface area contributed by atoms with Crippen molar-refractivity contribution in [2.24, 2.45) is 29.0 Å². The second-order valence-corrected chi connectivity index (χ2v) is 7.69. The average molecular weight is 414 g/mol. The van der Waals surface area contributed by atoms with E-state index in [1.54, 1.807) is 20.8 Å². The van der Waals surface area contributed by atoms with Crippen molar-refractivity contribution in [3.8, 4) is 0 Å². The molecule has 0 radical (unpaired) electrons. The second-order valence-electron chi connectivity index (χ2n) is 7.69. The normalized spacial score (nSPS) is 14.4. The molecule has 0 fully saturated rings. The fourth-order valence-corrected chi connectivity index (χ4v) is 2.48. The standard InChI is InChI=1S/C19H36N6O3.H3N/c1-10(2)7-16(26)24-15(8-14(21)9-20)12(5)23-13(6)19(28)25-17(11(3)4)18(22)27;/h9-11,13,15,17,23H,5,7-8,20-21H2,1-4,6H3,(H2,22,27)(H,24,26)(H,25,28);1H3/b14-9-;/t13-,15?,17?;/m0./s1. The molecule has 0 saturated carbocycles. The maximum atomic E-state index is 12.4. The Hall–Kier alpha value is -2.75. The van der Waals surface area contributed by atoms with Crippen LogP contribution in [0.1, 0.15) is 47.5 Å². The molecular weight excluding hydrogens is 374 g/mol. The number of hydrogen-bond acceptors (Lipinski definition) is 7. The van der Waals surface area contributed by atoms with Gasteiger partial charge in [0.2, 0.25) is 17.7 Å². The summed E-state index contributed by atoms with van der Waals surface area (Å²) >= 11 is 0. The summed E-state index contributed by atoms with van der Waals surface area (Å²) in [5, 5.41) is 8.42. The van der Waals surface area contributed by atoms with Crippen molar-refractivity contribution in [1.29, 1.82) is 0 Å².